The van der Waals surface area contributed by atoms with Crippen molar-refractivity contribution in [2.75, 3.05) is 6.61 Å². The van der Waals surface area contributed by atoms with Gasteiger partial charge in [-0.3, -0.25) is 0 Å². The summed E-state index contributed by atoms with van der Waals surface area (Å²) in [5.41, 5.74) is 0. The van der Waals surface area contributed by atoms with Crippen molar-refractivity contribution in [2.24, 2.45) is 0 Å². The van der Waals surface area contributed by atoms with E-state index in [1.807, 2.05) is 0 Å². The molecule has 0 bridgehead atoms. The second-order valence-electron chi connectivity index (χ2n) is 31.2. The monoisotopic (exact) mass is 1330 g/mol. The van der Waals surface area contributed by atoms with Crippen LogP contribution in [-0.4, -0.2) is 148 Å². The molecule has 0 saturated carbocycles. The zero-order valence-corrected chi connectivity index (χ0v) is 70.9. The number of ether oxygens (including phenoxy) is 1. The van der Waals surface area contributed by atoms with E-state index in [1.54, 1.807) is 0 Å². The Morgan fingerprint density at radius 2 is 0.453 bits per heavy atom. The smallest absolute Gasteiger partial charge is 0.463 e. The van der Waals surface area contributed by atoms with Gasteiger partial charge in [-0.25, -0.2) is 4.79 Å². The van der Waals surface area contributed by atoms with E-state index in [-0.39, 0.29) is 6.61 Å². The maximum absolute atomic E-state index is 12.6. The number of rotatable bonds is 38. The van der Waals surface area contributed by atoms with Crippen LogP contribution in [0.15, 0.2) is 12.7 Å². The van der Waals surface area contributed by atoms with Crippen molar-refractivity contribution in [1.29, 1.82) is 0 Å². The van der Waals surface area contributed by atoms with E-state index in [0.717, 1.165) is 18.1 Å². The molecule has 0 spiro atoms. The zero-order chi connectivity index (χ0) is 59.8. The SMILES string of the molecule is C=CC(=O)OCCC[Si](O[Si](C)(C)CC[Si](O[Si](C)(C)C)(O[Si](C)(C)C)O[Si](C)(C)C)(O[Si](C)(C)CC[Si](O[Si](C)(C)C)(O[Si](C)(C)C)O[Si](C)(C)C)O[Si](C)(C)CC[Si](O[Si](C)(C)C)(O[Si](C)(C)C)O[Si](C)(C)C. The third kappa shape index (κ3) is 37.9. The molecule has 448 valence electrons. The Morgan fingerprint density at radius 3 is 0.613 bits per heavy atom. The highest BCUT2D eigenvalue weighted by atomic mass is 28.5. The molecule has 0 aliphatic carbocycles. The molecule has 0 aliphatic rings. The molecule has 0 atom stereocenters. The summed E-state index contributed by atoms with van der Waals surface area (Å²) < 4.78 is 94.8. The molecular formula is C45H120O14Si16. The second-order valence-corrected chi connectivity index (χ2v) is 98.6. The Kier molecular flexibility index (Phi) is 28.8. The molecule has 0 aliphatic heterocycles. The molecule has 0 aromatic carbocycles. The molecule has 0 amide bonds. The maximum atomic E-state index is 12.6. The lowest BCUT2D eigenvalue weighted by atomic mass is 10.5. The van der Waals surface area contributed by atoms with Gasteiger partial charge < -0.3 is 54.1 Å². The van der Waals surface area contributed by atoms with E-state index in [4.69, 9.17) is 54.1 Å². The van der Waals surface area contributed by atoms with Crippen molar-refractivity contribution >= 4 is 141 Å². The molecule has 0 heterocycles. The first-order valence-electron chi connectivity index (χ1n) is 27.8. The first-order chi connectivity index (χ1) is 32.6. The summed E-state index contributed by atoms with van der Waals surface area (Å²) in [5, 5.41) is 0. The summed E-state index contributed by atoms with van der Waals surface area (Å²) in [4.78, 5) is 12.6. The molecule has 30 heteroatoms. The average Bonchev–Trinajstić information content (AvgIpc) is 3.03. The lowest BCUT2D eigenvalue weighted by molar-refractivity contribution is -0.137. The van der Waals surface area contributed by atoms with Crippen LogP contribution in [0.3, 0.4) is 0 Å². The van der Waals surface area contributed by atoms with E-state index in [9.17, 15) is 4.79 Å². The quantitative estimate of drug-likeness (QED) is 0.0251. The molecular weight excluding hydrogens is 1210 g/mol. The van der Waals surface area contributed by atoms with Crippen LogP contribution < -0.4 is 0 Å². The predicted octanol–water partition coefficient (Wildman–Crippen LogP) is 16.2. The number of hydrogen-bond acceptors (Lipinski definition) is 14. The number of hydrogen-bond donors (Lipinski definition) is 0. The van der Waals surface area contributed by atoms with Crippen LogP contribution in [-0.2, 0) is 58.9 Å². The highest BCUT2D eigenvalue weighted by Gasteiger charge is 2.58. The van der Waals surface area contributed by atoms with Gasteiger partial charge in [0.25, 0.3) is 0 Å². The first kappa shape index (κ1) is 77.2. The molecule has 0 saturated heterocycles. The minimum Gasteiger partial charge on any atom is -0.463 e. The number of carbonyl (C=O) groups is 1. The van der Waals surface area contributed by atoms with Crippen molar-refractivity contribution in [2.45, 2.75) is 265 Å². The van der Waals surface area contributed by atoms with Gasteiger partial charge >= 0.3 is 41.2 Å². The van der Waals surface area contributed by atoms with Gasteiger partial charge in [-0.1, -0.05) is 6.58 Å². The molecule has 75 heavy (non-hydrogen) atoms. The van der Waals surface area contributed by atoms with Crippen LogP contribution in [0.1, 0.15) is 6.42 Å². The van der Waals surface area contributed by atoms with Crippen LogP contribution in [0.2, 0.25) is 258 Å². The number of carbonyl (C=O) groups excluding carboxylic acids is 1. The lowest BCUT2D eigenvalue weighted by Crippen LogP contribution is -2.64. The summed E-state index contributed by atoms with van der Waals surface area (Å²) in [6.45, 7) is 78.0. The predicted molar refractivity (Wildman–Crippen MR) is 358 cm³/mol. The standard InChI is InChI=1S/C45H120O14Si16/c1-35-45(46)47-37-36-38-72(57-69(29,30)39-42-73(48-60(2,3)4,49-61(5,6)7)50-62(8,9)10,58-70(31,32)40-43-74(51-63(11,12)13,52-64(14,15)16)53-65(17,18)19)59-71(33,34)41-44-75(54-66(20,21)22,55-67(23,24)25)56-68(26,27)28/h35H,1,36-44H2,2-34H3. The lowest BCUT2D eigenvalue weighted by Gasteiger charge is -2.48. The fourth-order valence-corrected chi connectivity index (χ4v) is 76.2. The van der Waals surface area contributed by atoms with Gasteiger partial charge in [0.1, 0.15) is 0 Å². The summed E-state index contributed by atoms with van der Waals surface area (Å²) in [7, 11) is -41.3. The Labute approximate surface area is 480 Å². The van der Waals surface area contributed by atoms with E-state index in [0.29, 0.717) is 30.6 Å². The van der Waals surface area contributed by atoms with Crippen LogP contribution in [0.25, 0.3) is 0 Å². The van der Waals surface area contributed by atoms with Crippen molar-refractivity contribution in [1.82, 2.24) is 0 Å². The van der Waals surface area contributed by atoms with Gasteiger partial charge in [0.05, 0.1) is 6.61 Å². The Morgan fingerprint density at radius 1 is 0.280 bits per heavy atom. The van der Waals surface area contributed by atoms with Gasteiger partial charge in [-0.15, -0.1) is 0 Å². The molecule has 0 N–H and O–H groups in total. The van der Waals surface area contributed by atoms with Crippen LogP contribution in [0.5, 0.6) is 0 Å². The van der Waals surface area contributed by atoms with Gasteiger partial charge in [0, 0.05) is 30.3 Å². The largest absolute Gasteiger partial charge is 0.469 e. The summed E-state index contributed by atoms with van der Waals surface area (Å²) in [6.07, 6.45) is 1.71. The van der Waals surface area contributed by atoms with Gasteiger partial charge in [0.2, 0.25) is 0 Å². The van der Waals surface area contributed by atoms with Crippen molar-refractivity contribution in [3.05, 3.63) is 12.7 Å². The Hall–Kier alpha value is 2.20. The fraction of sp³-hybridized carbons (Fsp3) is 0.933. The minimum atomic E-state index is -3.77. The maximum Gasteiger partial charge on any atom is 0.469 e. The van der Waals surface area contributed by atoms with Crippen LogP contribution >= 0.6 is 0 Å². The van der Waals surface area contributed by atoms with E-state index >= 15 is 0 Å². The van der Waals surface area contributed by atoms with Crippen molar-refractivity contribution in [3.8, 4) is 0 Å². The topological polar surface area (TPSA) is 137 Å². The molecule has 0 unspecified atom stereocenters. The second kappa shape index (κ2) is 27.9. The highest BCUT2D eigenvalue weighted by Crippen LogP contribution is 2.41. The van der Waals surface area contributed by atoms with E-state index in [2.05, 4.69) is 223 Å². The van der Waals surface area contributed by atoms with Crippen molar-refractivity contribution < 1.29 is 58.9 Å². The summed E-state index contributed by atoms with van der Waals surface area (Å²) >= 11 is 0. The Bertz CT molecular complexity index is 1470. The number of esters is 1. The van der Waals surface area contributed by atoms with Gasteiger partial charge in [0.15, 0.2) is 99.8 Å². The third-order valence-corrected chi connectivity index (χ3v) is 62.6. The first-order valence-corrected chi connectivity index (χ1v) is 75.5. The molecule has 0 rings (SSSR count). The molecule has 0 aromatic heterocycles. The Balaban J connectivity index is 8.46. The molecule has 0 fully saturated rings. The average molecular weight is 1330 g/mol. The summed E-state index contributed by atoms with van der Waals surface area (Å²) in [5.74, 6) is -0.459. The van der Waals surface area contributed by atoms with Crippen LogP contribution in [0.4, 0.5) is 0 Å². The molecule has 14 nitrogen and oxygen atoms in total. The van der Waals surface area contributed by atoms with Crippen molar-refractivity contribution in [3.63, 3.8) is 0 Å². The van der Waals surface area contributed by atoms with E-state index in [1.165, 1.54) is 6.08 Å². The molecule has 0 aromatic rings. The van der Waals surface area contributed by atoms with Crippen LogP contribution in [0, 0.1) is 0 Å². The molecule has 0 radical (unpaired) electrons. The normalized spacial score (nSPS) is 15.4. The van der Waals surface area contributed by atoms with E-state index < -0.39 is 141 Å². The van der Waals surface area contributed by atoms with Gasteiger partial charge in [-0.2, -0.15) is 0 Å². The van der Waals surface area contributed by atoms with Gasteiger partial charge in [-0.05, 0) is 241 Å². The minimum absolute atomic E-state index is 0.179. The highest BCUT2D eigenvalue weighted by molar-refractivity contribution is 6.95. The summed E-state index contributed by atoms with van der Waals surface area (Å²) in [6, 6.07) is 4.54. The zero-order valence-electron chi connectivity index (χ0n) is 54.9. The fourth-order valence-electron chi connectivity index (χ4n) is 8.36. The third-order valence-electron chi connectivity index (χ3n) is 9.59.